The fourth-order valence-electron chi connectivity index (χ4n) is 3.51. The molecule has 1 aromatic carbocycles. The van der Waals surface area contributed by atoms with Gasteiger partial charge in [-0.05, 0) is 50.5 Å². The van der Waals surface area contributed by atoms with Gasteiger partial charge in [-0.1, -0.05) is 12.1 Å². The number of nitrogens with zero attached hydrogens (tertiary/aromatic N) is 2. The third kappa shape index (κ3) is 4.03. The molecule has 0 amide bonds. The molecule has 3 rings (SSSR count). The zero-order valence-electron chi connectivity index (χ0n) is 15.6. The lowest BCUT2D eigenvalue weighted by molar-refractivity contribution is -0.148. The minimum atomic E-state index is -0.363. The van der Waals surface area contributed by atoms with E-state index in [1.807, 2.05) is 43.3 Å². The fourth-order valence-corrected chi connectivity index (χ4v) is 3.51. The van der Waals surface area contributed by atoms with Gasteiger partial charge in [-0.25, -0.2) is 0 Å². The van der Waals surface area contributed by atoms with Gasteiger partial charge in [0.05, 0.1) is 12.5 Å². The molecule has 1 aromatic heterocycles. The van der Waals surface area contributed by atoms with Crippen LogP contribution in [0.15, 0.2) is 35.1 Å². The average molecular weight is 365 g/mol. The lowest BCUT2D eigenvalue weighted by Crippen LogP contribution is -2.36. The van der Waals surface area contributed by atoms with Crippen molar-refractivity contribution in [2.45, 2.75) is 26.7 Å². The van der Waals surface area contributed by atoms with E-state index in [4.69, 9.17) is 4.74 Å². The van der Waals surface area contributed by atoms with Crippen molar-refractivity contribution in [2.24, 2.45) is 5.92 Å². The molecule has 0 radical (unpaired) electrons. The molecular formula is C21H23N3O3. The van der Waals surface area contributed by atoms with Crippen LogP contribution in [0, 0.1) is 24.2 Å². The van der Waals surface area contributed by atoms with Crippen LogP contribution in [0.5, 0.6) is 0 Å². The molecule has 0 saturated carbocycles. The SMILES string of the molecule is CCOC(=O)C1CCN(c2ccc(-c3cc(C)[nH]c(=O)c3C#N)cc2)CC1. The summed E-state index contributed by atoms with van der Waals surface area (Å²) in [5, 5.41) is 9.30. The van der Waals surface area contributed by atoms with Crippen molar-refractivity contribution in [1.82, 2.24) is 4.98 Å². The lowest BCUT2D eigenvalue weighted by Gasteiger charge is -2.32. The maximum absolute atomic E-state index is 12.0. The molecule has 6 heteroatoms. The number of carbonyl (C=O) groups excluding carboxylic acids is 1. The van der Waals surface area contributed by atoms with Crippen LogP contribution in [0.4, 0.5) is 5.69 Å². The van der Waals surface area contributed by atoms with E-state index >= 15 is 0 Å². The predicted octanol–water partition coefficient (Wildman–Crippen LogP) is 3.00. The van der Waals surface area contributed by atoms with E-state index in [-0.39, 0.29) is 23.0 Å². The number of carbonyl (C=O) groups is 1. The highest BCUT2D eigenvalue weighted by atomic mass is 16.5. The van der Waals surface area contributed by atoms with Crippen LogP contribution in [0.2, 0.25) is 0 Å². The average Bonchev–Trinajstić information content (AvgIpc) is 2.68. The summed E-state index contributed by atoms with van der Waals surface area (Å²) >= 11 is 0. The van der Waals surface area contributed by atoms with Gasteiger partial charge >= 0.3 is 5.97 Å². The number of H-pyrrole nitrogens is 1. The molecule has 0 atom stereocenters. The van der Waals surface area contributed by atoms with Crippen molar-refractivity contribution < 1.29 is 9.53 Å². The number of nitriles is 1. The summed E-state index contributed by atoms with van der Waals surface area (Å²) in [6.45, 7) is 5.66. The van der Waals surface area contributed by atoms with Crippen molar-refractivity contribution in [3.8, 4) is 17.2 Å². The van der Waals surface area contributed by atoms with Crippen LogP contribution in [-0.4, -0.2) is 30.6 Å². The number of aromatic amines is 1. The summed E-state index contributed by atoms with van der Waals surface area (Å²) in [6, 6.07) is 11.7. The van der Waals surface area contributed by atoms with Gasteiger partial charge in [0.15, 0.2) is 0 Å². The number of benzene rings is 1. The summed E-state index contributed by atoms with van der Waals surface area (Å²) in [5.41, 5.74) is 3.04. The summed E-state index contributed by atoms with van der Waals surface area (Å²) in [7, 11) is 0. The molecule has 27 heavy (non-hydrogen) atoms. The number of anilines is 1. The van der Waals surface area contributed by atoms with E-state index in [0.29, 0.717) is 12.2 Å². The first-order chi connectivity index (χ1) is 13.0. The van der Waals surface area contributed by atoms with Crippen molar-refractivity contribution in [1.29, 1.82) is 5.26 Å². The van der Waals surface area contributed by atoms with Crippen molar-refractivity contribution in [3.63, 3.8) is 0 Å². The van der Waals surface area contributed by atoms with E-state index in [2.05, 4.69) is 9.88 Å². The summed E-state index contributed by atoms with van der Waals surface area (Å²) in [5.74, 6) is -0.112. The first kappa shape index (κ1) is 18.7. The maximum Gasteiger partial charge on any atom is 0.309 e. The van der Waals surface area contributed by atoms with Gasteiger partial charge in [0.1, 0.15) is 11.6 Å². The zero-order chi connectivity index (χ0) is 19.4. The van der Waals surface area contributed by atoms with Crippen LogP contribution in [0.3, 0.4) is 0 Å². The second kappa shape index (κ2) is 8.09. The summed E-state index contributed by atoms with van der Waals surface area (Å²) in [4.78, 5) is 28.8. The molecule has 140 valence electrons. The Hall–Kier alpha value is -3.07. The van der Waals surface area contributed by atoms with Gasteiger partial charge in [-0.2, -0.15) is 5.26 Å². The van der Waals surface area contributed by atoms with Crippen LogP contribution in [-0.2, 0) is 9.53 Å². The molecule has 0 aliphatic carbocycles. The van der Waals surface area contributed by atoms with Gasteiger partial charge in [-0.3, -0.25) is 9.59 Å². The Bertz CT molecular complexity index is 917. The highest BCUT2D eigenvalue weighted by molar-refractivity contribution is 5.74. The van der Waals surface area contributed by atoms with Gasteiger partial charge in [-0.15, -0.1) is 0 Å². The molecule has 1 saturated heterocycles. The van der Waals surface area contributed by atoms with Crippen LogP contribution >= 0.6 is 0 Å². The zero-order valence-corrected chi connectivity index (χ0v) is 15.6. The molecule has 1 aliphatic rings. The Morgan fingerprint density at radius 1 is 1.30 bits per heavy atom. The number of aryl methyl sites for hydroxylation is 1. The molecule has 0 bridgehead atoms. The monoisotopic (exact) mass is 365 g/mol. The molecule has 0 spiro atoms. The first-order valence-corrected chi connectivity index (χ1v) is 9.19. The van der Waals surface area contributed by atoms with Crippen molar-refractivity contribution in [2.75, 3.05) is 24.6 Å². The number of piperidine rings is 1. The number of pyridine rings is 1. The van der Waals surface area contributed by atoms with Crippen molar-refractivity contribution >= 4 is 11.7 Å². The largest absolute Gasteiger partial charge is 0.466 e. The predicted molar refractivity (Wildman–Crippen MR) is 104 cm³/mol. The number of nitrogens with one attached hydrogen (secondary N) is 1. The number of hydrogen-bond acceptors (Lipinski definition) is 5. The number of aromatic nitrogens is 1. The highest BCUT2D eigenvalue weighted by Gasteiger charge is 2.26. The normalized spacial score (nSPS) is 14.6. The van der Waals surface area contributed by atoms with E-state index in [1.54, 1.807) is 6.92 Å². The Morgan fingerprint density at radius 3 is 2.56 bits per heavy atom. The minimum Gasteiger partial charge on any atom is -0.466 e. The van der Waals surface area contributed by atoms with Gasteiger partial charge < -0.3 is 14.6 Å². The number of hydrogen-bond donors (Lipinski definition) is 1. The second-order valence-corrected chi connectivity index (χ2v) is 6.74. The molecular weight excluding hydrogens is 342 g/mol. The third-order valence-corrected chi connectivity index (χ3v) is 4.94. The Kier molecular flexibility index (Phi) is 5.60. The van der Waals surface area contributed by atoms with Gasteiger partial charge in [0.25, 0.3) is 5.56 Å². The number of rotatable bonds is 4. The summed E-state index contributed by atoms with van der Waals surface area (Å²) in [6.07, 6.45) is 1.57. The van der Waals surface area contributed by atoms with E-state index in [1.165, 1.54) is 0 Å². The summed E-state index contributed by atoms with van der Waals surface area (Å²) < 4.78 is 5.12. The Balaban J connectivity index is 1.75. The number of esters is 1. The molecule has 0 unspecified atom stereocenters. The smallest absolute Gasteiger partial charge is 0.309 e. The fraction of sp³-hybridized carbons (Fsp3) is 0.381. The van der Waals surface area contributed by atoms with E-state index in [9.17, 15) is 14.9 Å². The van der Waals surface area contributed by atoms with Gasteiger partial charge in [0.2, 0.25) is 0 Å². The van der Waals surface area contributed by atoms with Crippen LogP contribution < -0.4 is 10.5 Å². The Morgan fingerprint density at radius 2 is 1.96 bits per heavy atom. The quantitative estimate of drug-likeness (QED) is 0.842. The molecule has 2 aromatic rings. The third-order valence-electron chi connectivity index (χ3n) is 4.94. The Labute approximate surface area is 158 Å². The van der Waals surface area contributed by atoms with Crippen LogP contribution in [0.25, 0.3) is 11.1 Å². The van der Waals surface area contributed by atoms with Gasteiger partial charge in [0, 0.05) is 30.0 Å². The standard InChI is InChI=1S/C21H23N3O3/c1-3-27-21(26)16-8-10-24(11-9-16)17-6-4-15(5-7-17)18-12-14(2)23-20(25)19(18)13-22/h4-7,12,16H,3,8-11H2,1-2H3,(H,23,25). The van der Waals surface area contributed by atoms with E-state index in [0.717, 1.165) is 42.9 Å². The molecule has 1 N–H and O–H groups in total. The minimum absolute atomic E-state index is 0.0160. The first-order valence-electron chi connectivity index (χ1n) is 9.19. The molecule has 6 nitrogen and oxygen atoms in total. The molecule has 2 heterocycles. The van der Waals surface area contributed by atoms with Crippen molar-refractivity contribution in [3.05, 3.63) is 51.9 Å². The van der Waals surface area contributed by atoms with E-state index < -0.39 is 0 Å². The van der Waals surface area contributed by atoms with Crippen LogP contribution in [0.1, 0.15) is 31.0 Å². The molecule has 1 aliphatic heterocycles. The topological polar surface area (TPSA) is 86.2 Å². The molecule has 1 fully saturated rings. The number of ether oxygens (including phenoxy) is 1. The lowest BCUT2D eigenvalue weighted by atomic mass is 9.96. The highest BCUT2D eigenvalue weighted by Crippen LogP contribution is 2.28. The second-order valence-electron chi connectivity index (χ2n) is 6.74. The maximum atomic E-state index is 12.0.